The molecular formula is C8H8N8O3. The van der Waals surface area contributed by atoms with Crippen molar-refractivity contribution in [2.24, 2.45) is 9.98 Å². The molecule has 1 amide bonds. The van der Waals surface area contributed by atoms with Crippen molar-refractivity contribution in [1.82, 2.24) is 15.0 Å². The highest BCUT2D eigenvalue weighted by Gasteiger charge is 2.18. The number of hydrogen-bond acceptors (Lipinski definition) is 10. The van der Waals surface area contributed by atoms with E-state index in [-0.39, 0.29) is 24.4 Å². The maximum Gasteiger partial charge on any atom is 0.254 e. The molecule has 98 valence electrons. The van der Waals surface area contributed by atoms with Gasteiger partial charge >= 0.3 is 0 Å². The Morgan fingerprint density at radius 2 is 1.84 bits per heavy atom. The van der Waals surface area contributed by atoms with E-state index >= 15 is 0 Å². The van der Waals surface area contributed by atoms with Crippen molar-refractivity contribution in [3.63, 3.8) is 0 Å². The number of aliphatic imine (C=N–C) groups is 2. The number of nitrogens with zero attached hydrogens (tertiary/aromatic N) is 5. The molecule has 0 fully saturated rings. The zero-order valence-electron chi connectivity index (χ0n) is 9.40. The summed E-state index contributed by atoms with van der Waals surface area (Å²) in [6, 6.07) is -1.25. The van der Waals surface area contributed by atoms with Gasteiger partial charge in [-0.3, -0.25) is 10.1 Å². The number of carbonyl (C=O) groups is 1. The van der Waals surface area contributed by atoms with Crippen LogP contribution in [-0.4, -0.2) is 45.6 Å². The lowest BCUT2D eigenvalue weighted by molar-refractivity contribution is -0.117. The predicted molar refractivity (Wildman–Crippen MR) is 62.2 cm³/mol. The molecule has 0 aliphatic heterocycles. The Bertz CT molecular complexity index is 555. The van der Waals surface area contributed by atoms with E-state index in [9.17, 15) is 14.4 Å². The zero-order chi connectivity index (χ0) is 14.3. The first-order valence-corrected chi connectivity index (χ1v) is 4.75. The summed E-state index contributed by atoms with van der Waals surface area (Å²) in [5.41, 5.74) is 10.6. The quantitative estimate of drug-likeness (QED) is 0.404. The van der Waals surface area contributed by atoms with Gasteiger partial charge < -0.3 is 11.5 Å². The number of nitrogens with two attached hydrogens (primary N) is 2. The third-order valence-electron chi connectivity index (χ3n) is 1.74. The highest BCUT2D eigenvalue weighted by atomic mass is 16.2. The van der Waals surface area contributed by atoms with Gasteiger partial charge in [0.2, 0.25) is 30.0 Å². The Balaban J connectivity index is 2.86. The molecule has 0 saturated carbocycles. The highest BCUT2D eigenvalue weighted by Crippen LogP contribution is 2.05. The Hall–Kier alpha value is -3.16. The number of amides is 1. The summed E-state index contributed by atoms with van der Waals surface area (Å²) in [5, 5.41) is 2.19. The van der Waals surface area contributed by atoms with Crippen LogP contribution in [0.5, 0.6) is 0 Å². The van der Waals surface area contributed by atoms with E-state index < -0.39 is 11.9 Å². The average molecular weight is 264 g/mol. The van der Waals surface area contributed by atoms with Crippen molar-refractivity contribution < 1.29 is 14.4 Å². The molecule has 0 bridgehead atoms. The standard InChI is InChI=1S/C8H8N8O3/c9-6-14-7(10)16-8(15-6)13-5(19)4(12-3-18)1-11-2-17/h4H,1H2,(H5,9,10,13,14,15,16,19). The molecular weight excluding hydrogens is 256 g/mol. The molecule has 0 aliphatic carbocycles. The van der Waals surface area contributed by atoms with Crippen molar-refractivity contribution in [3.05, 3.63) is 0 Å². The van der Waals surface area contributed by atoms with Crippen LogP contribution in [0.3, 0.4) is 0 Å². The van der Waals surface area contributed by atoms with Gasteiger partial charge in [0.1, 0.15) is 0 Å². The summed E-state index contributed by atoms with van der Waals surface area (Å²) < 4.78 is 0. The summed E-state index contributed by atoms with van der Waals surface area (Å²) in [5.74, 6) is -1.38. The number of anilines is 3. The van der Waals surface area contributed by atoms with Crippen LogP contribution >= 0.6 is 0 Å². The zero-order valence-corrected chi connectivity index (χ0v) is 9.40. The van der Waals surface area contributed by atoms with E-state index in [4.69, 9.17) is 11.5 Å². The fourth-order valence-corrected chi connectivity index (χ4v) is 1.03. The Morgan fingerprint density at radius 3 is 2.37 bits per heavy atom. The predicted octanol–water partition coefficient (Wildman–Crippen LogP) is -1.99. The smallest absolute Gasteiger partial charge is 0.254 e. The van der Waals surface area contributed by atoms with Crippen LogP contribution in [0.1, 0.15) is 0 Å². The minimum atomic E-state index is -1.25. The van der Waals surface area contributed by atoms with Crippen LogP contribution < -0.4 is 16.8 Å². The average Bonchev–Trinajstić information content (AvgIpc) is 2.33. The van der Waals surface area contributed by atoms with E-state index in [0.29, 0.717) is 0 Å². The van der Waals surface area contributed by atoms with Gasteiger partial charge in [-0.25, -0.2) is 14.6 Å². The van der Waals surface area contributed by atoms with E-state index in [1.54, 1.807) is 0 Å². The summed E-state index contributed by atoms with van der Waals surface area (Å²) in [7, 11) is 0. The molecule has 11 nitrogen and oxygen atoms in total. The Labute approximate surface area is 105 Å². The lowest BCUT2D eigenvalue weighted by Gasteiger charge is -2.07. The van der Waals surface area contributed by atoms with Crippen LogP contribution in [0.2, 0.25) is 0 Å². The number of hydrogen-bond donors (Lipinski definition) is 3. The van der Waals surface area contributed by atoms with Gasteiger partial charge in [-0.15, -0.1) is 0 Å². The summed E-state index contributed by atoms with van der Waals surface area (Å²) >= 11 is 0. The third kappa shape index (κ3) is 4.30. The first kappa shape index (κ1) is 13.9. The van der Waals surface area contributed by atoms with Crippen molar-refractivity contribution in [3.8, 4) is 0 Å². The number of aromatic nitrogens is 3. The molecule has 11 heteroatoms. The number of rotatable bonds is 5. The van der Waals surface area contributed by atoms with Crippen LogP contribution in [0.4, 0.5) is 17.8 Å². The molecule has 5 N–H and O–H groups in total. The number of nitrogen functional groups attached to an aromatic ring is 2. The topological polar surface area (TPSA) is 179 Å². The van der Waals surface area contributed by atoms with Gasteiger partial charge in [0, 0.05) is 0 Å². The SMILES string of the molecule is Nc1nc(N)nc(NC(=O)C(CN=C=O)N=C=O)n1. The largest absolute Gasteiger partial charge is 0.368 e. The van der Waals surface area contributed by atoms with Crippen LogP contribution in [0.25, 0.3) is 0 Å². The molecule has 1 rings (SSSR count). The molecule has 1 aromatic heterocycles. The normalized spacial score (nSPS) is 10.7. The second-order valence-electron chi connectivity index (χ2n) is 3.03. The molecule has 1 aromatic rings. The molecule has 0 aromatic carbocycles. The minimum Gasteiger partial charge on any atom is -0.368 e. The van der Waals surface area contributed by atoms with Gasteiger partial charge in [0.15, 0.2) is 6.04 Å². The van der Waals surface area contributed by atoms with Crippen LogP contribution in [0, 0.1) is 0 Å². The summed E-state index contributed by atoms with van der Waals surface area (Å²) in [4.78, 5) is 48.8. The lowest BCUT2D eigenvalue weighted by atomic mass is 10.3. The summed E-state index contributed by atoms with van der Waals surface area (Å²) in [6.07, 6.45) is 2.41. The van der Waals surface area contributed by atoms with Crippen molar-refractivity contribution >= 4 is 35.9 Å². The molecule has 1 atom stereocenters. The van der Waals surface area contributed by atoms with Gasteiger partial charge in [0.05, 0.1) is 6.54 Å². The van der Waals surface area contributed by atoms with Gasteiger partial charge in [-0.1, -0.05) is 0 Å². The van der Waals surface area contributed by atoms with E-state index in [2.05, 4.69) is 30.3 Å². The van der Waals surface area contributed by atoms with Crippen molar-refractivity contribution in [2.75, 3.05) is 23.3 Å². The minimum absolute atomic E-state index is 0.191. The third-order valence-corrected chi connectivity index (χ3v) is 1.74. The Kier molecular flexibility index (Phi) is 4.79. The molecule has 0 aliphatic rings. The summed E-state index contributed by atoms with van der Waals surface area (Å²) in [6.45, 7) is -0.360. The number of isocyanates is 2. The van der Waals surface area contributed by atoms with Gasteiger partial charge in [0.25, 0.3) is 5.91 Å². The van der Waals surface area contributed by atoms with Gasteiger partial charge in [-0.05, 0) is 0 Å². The lowest BCUT2D eigenvalue weighted by Crippen LogP contribution is -2.29. The molecule has 0 spiro atoms. The fraction of sp³-hybridized carbons (Fsp3) is 0.250. The van der Waals surface area contributed by atoms with Crippen molar-refractivity contribution in [1.29, 1.82) is 0 Å². The van der Waals surface area contributed by atoms with Crippen LogP contribution in [-0.2, 0) is 14.4 Å². The Morgan fingerprint density at radius 1 is 1.21 bits per heavy atom. The molecule has 19 heavy (non-hydrogen) atoms. The van der Waals surface area contributed by atoms with Crippen molar-refractivity contribution in [2.45, 2.75) is 6.04 Å². The van der Waals surface area contributed by atoms with Crippen LogP contribution in [0.15, 0.2) is 9.98 Å². The maximum absolute atomic E-state index is 11.7. The molecule has 1 heterocycles. The first-order chi connectivity index (χ1) is 9.06. The first-order valence-electron chi connectivity index (χ1n) is 4.75. The highest BCUT2D eigenvalue weighted by molar-refractivity contribution is 5.94. The number of carbonyl (C=O) groups excluding carboxylic acids is 3. The van der Waals surface area contributed by atoms with Gasteiger partial charge in [-0.2, -0.15) is 19.9 Å². The second-order valence-corrected chi connectivity index (χ2v) is 3.03. The fourth-order valence-electron chi connectivity index (χ4n) is 1.03. The molecule has 0 saturated heterocycles. The molecule has 1 unspecified atom stereocenters. The molecule has 0 radical (unpaired) electrons. The van der Waals surface area contributed by atoms with E-state index in [1.165, 1.54) is 12.2 Å². The maximum atomic E-state index is 11.7. The van der Waals surface area contributed by atoms with E-state index in [1.807, 2.05) is 0 Å². The number of nitrogens with one attached hydrogen (secondary N) is 1. The monoisotopic (exact) mass is 264 g/mol. The van der Waals surface area contributed by atoms with E-state index in [0.717, 1.165) is 0 Å². The second kappa shape index (κ2) is 6.55.